The van der Waals surface area contributed by atoms with Crippen LogP contribution < -0.4 is 10.1 Å². The van der Waals surface area contributed by atoms with E-state index in [9.17, 15) is 13.6 Å². The molecule has 0 bridgehead atoms. The zero-order valence-electron chi connectivity index (χ0n) is 12.0. The van der Waals surface area contributed by atoms with E-state index in [2.05, 4.69) is 10.3 Å². The van der Waals surface area contributed by atoms with Crippen LogP contribution in [0.25, 0.3) is 0 Å². The Labute approximate surface area is 131 Å². The number of hydrogen-bond acceptors (Lipinski definition) is 4. The van der Waals surface area contributed by atoms with Crippen LogP contribution in [0.3, 0.4) is 0 Å². The number of ether oxygens (including phenoxy) is 1. The molecular formula is C16H13F2N3O2. The first-order valence-electron chi connectivity index (χ1n) is 6.72. The number of pyridine rings is 1. The van der Waals surface area contributed by atoms with Crippen molar-refractivity contribution in [1.82, 2.24) is 10.3 Å². The van der Waals surface area contributed by atoms with Crippen LogP contribution in [0.15, 0.2) is 42.6 Å². The third-order valence-electron chi connectivity index (χ3n) is 2.86. The maximum Gasteiger partial charge on any atom is 0.272 e. The highest BCUT2D eigenvalue weighted by molar-refractivity contribution is 5.94. The number of nitriles is 1. The van der Waals surface area contributed by atoms with Gasteiger partial charge >= 0.3 is 0 Å². The molecule has 5 nitrogen and oxygen atoms in total. The van der Waals surface area contributed by atoms with E-state index in [0.29, 0.717) is 5.56 Å². The topological polar surface area (TPSA) is 75.0 Å². The monoisotopic (exact) mass is 317 g/mol. The summed E-state index contributed by atoms with van der Waals surface area (Å²) in [4.78, 5) is 15.8. The SMILES string of the molecule is N#Cc1cccc(CNC(=O)c2ccnc(OCC(F)F)c2)c1. The Hall–Kier alpha value is -3.01. The third kappa shape index (κ3) is 5.04. The molecule has 0 atom stereocenters. The van der Waals surface area contributed by atoms with Gasteiger partial charge in [-0.05, 0) is 23.8 Å². The first-order valence-corrected chi connectivity index (χ1v) is 6.72. The molecule has 23 heavy (non-hydrogen) atoms. The number of amides is 1. The molecule has 1 heterocycles. The van der Waals surface area contributed by atoms with Crippen molar-refractivity contribution >= 4 is 5.91 Å². The summed E-state index contributed by atoms with van der Waals surface area (Å²) in [7, 11) is 0. The Bertz CT molecular complexity index is 729. The van der Waals surface area contributed by atoms with Gasteiger partial charge in [-0.3, -0.25) is 4.79 Å². The minimum absolute atomic E-state index is 0.0376. The number of rotatable bonds is 6. The highest BCUT2D eigenvalue weighted by Crippen LogP contribution is 2.11. The van der Waals surface area contributed by atoms with Gasteiger partial charge in [-0.1, -0.05) is 12.1 Å². The molecule has 0 saturated heterocycles. The molecule has 1 aromatic carbocycles. The van der Waals surface area contributed by atoms with Gasteiger partial charge in [0.1, 0.15) is 0 Å². The highest BCUT2D eigenvalue weighted by Gasteiger charge is 2.09. The van der Waals surface area contributed by atoms with Gasteiger partial charge in [0.15, 0.2) is 6.61 Å². The van der Waals surface area contributed by atoms with E-state index in [1.807, 2.05) is 6.07 Å². The molecule has 118 valence electrons. The zero-order chi connectivity index (χ0) is 16.7. The fourth-order valence-corrected chi connectivity index (χ4v) is 1.81. The molecule has 0 saturated carbocycles. The molecule has 0 aliphatic carbocycles. The van der Waals surface area contributed by atoms with Gasteiger partial charge < -0.3 is 10.1 Å². The van der Waals surface area contributed by atoms with Crippen LogP contribution in [0.2, 0.25) is 0 Å². The number of halogens is 2. The minimum Gasteiger partial charge on any atom is -0.472 e. The summed E-state index contributed by atoms with van der Waals surface area (Å²) >= 11 is 0. The number of nitrogens with zero attached hydrogens (tertiary/aromatic N) is 2. The van der Waals surface area contributed by atoms with Crippen LogP contribution >= 0.6 is 0 Å². The van der Waals surface area contributed by atoms with Gasteiger partial charge in [-0.2, -0.15) is 5.26 Å². The normalized spacial score (nSPS) is 10.2. The van der Waals surface area contributed by atoms with Crippen molar-refractivity contribution in [3.05, 3.63) is 59.3 Å². The molecule has 2 aromatic rings. The summed E-state index contributed by atoms with van der Waals surface area (Å²) < 4.78 is 29.0. The molecule has 0 fully saturated rings. The average molecular weight is 317 g/mol. The van der Waals surface area contributed by atoms with Crippen LogP contribution in [0.1, 0.15) is 21.5 Å². The first kappa shape index (κ1) is 16.4. The Morgan fingerprint density at radius 1 is 1.35 bits per heavy atom. The molecule has 7 heteroatoms. The van der Waals surface area contributed by atoms with E-state index in [1.165, 1.54) is 18.3 Å². The van der Waals surface area contributed by atoms with Gasteiger partial charge in [-0.15, -0.1) is 0 Å². The number of carbonyl (C=O) groups is 1. The highest BCUT2D eigenvalue weighted by atomic mass is 19.3. The maximum atomic E-state index is 12.1. The fraction of sp³-hybridized carbons (Fsp3) is 0.188. The van der Waals surface area contributed by atoms with Crippen LogP contribution in [0.4, 0.5) is 8.78 Å². The Morgan fingerprint density at radius 2 is 2.17 bits per heavy atom. The van der Waals surface area contributed by atoms with E-state index in [1.54, 1.807) is 24.3 Å². The van der Waals surface area contributed by atoms with Gasteiger partial charge in [0.05, 0.1) is 11.6 Å². The lowest BCUT2D eigenvalue weighted by molar-refractivity contribution is 0.0794. The average Bonchev–Trinajstić information content (AvgIpc) is 2.58. The van der Waals surface area contributed by atoms with Crippen LogP contribution in [0.5, 0.6) is 5.88 Å². The first-order chi connectivity index (χ1) is 11.1. The van der Waals surface area contributed by atoms with Crippen molar-refractivity contribution in [3.8, 4) is 11.9 Å². The summed E-state index contributed by atoms with van der Waals surface area (Å²) in [6.45, 7) is -0.539. The molecule has 0 radical (unpaired) electrons. The lowest BCUT2D eigenvalue weighted by atomic mass is 10.1. The van der Waals surface area contributed by atoms with E-state index >= 15 is 0 Å². The lowest BCUT2D eigenvalue weighted by Crippen LogP contribution is -2.23. The van der Waals surface area contributed by atoms with Crippen molar-refractivity contribution < 1.29 is 18.3 Å². The predicted molar refractivity (Wildman–Crippen MR) is 78.1 cm³/mol. The number of nitrogens with one attached hydrogen (secondary N) is 1. The van der Waals surface area contributed by atoms with Crippen molar-refractivity contribution in [3.63, 3.8) is 0 Å². The second-order valence-electron chi connectivity index (χ2n) is 4.58. The second-order valence-corrected chi connectivity index (χ2v) is 4.58. The summed E-state index contributed by atoms with van der Waals surface area (Å²) in [6.07, 6.45) is -1.30. The number of hydrogen-bond donors (Lipinski definition) is 1. The smallest absolute Gasteiger partial charge is 0.272 e. The van der Waals surface area contributed by atoms with Gasteiger partial charge in [-0.25, -0.2) is 13.8 Å². The summed E-state index contributed by atoms with van der Waals surface area (Å²) in [5, 5.41) is 11.5. The molecule has 1 aromatic heterocycles. The number of alkyl halides is 2. The molecular weight excluding hydrogens is 304 g/mol. The quantitative estimate of drug-likeness (QED) is 0.888. The summed E-state index contributed by atoms with van der Waals surface area (Å²) in [5.74, 6) is -0.430. The number of carbonyl (C=O) groups excluding carboxylic acids is 1. The number of aromatic nitrogens is 1. The molecule has 0 aliphatic rings. The predicted octanol–water partition coefficient (Wildman–Crippen LogP) is 2.53. The Balaban J connectivity index is 1.97. The largest absolute Gasteiger partial charge is 0.472 e. The molecule has 2 rings (SSSR count). The standard InChI is InChI=1S/C16H13F2N3O2/c17-14(18)10-23-15-7-13(4-5-20-15)16(22)21-9-12-3-1-2-11(6-12)8-19/h1-7,14H,9-10H2,(H,21,22). The lowest BCUT2D eigenvalue weighted by Gasteiger charge is -2.08. The zero-order valence-corrected chi connectivity index (χ0v) is 12.0. The second kappa shape index (κ2) is 7.84. The summed E-state index contributed by atoms with van der Waals surface area (Å²) in [6, 6.07) is 11.6. The van der Waals surface area contributed by atoms with E-state index in [4.69, 9.17) is 10.00 Å². The number of benzene rings is 1. The van der Waals surface area contributed by atoms with Crippen molar-refractivity contribution in [2.75, 3.05) is 6.61 Å². The summed E-state index contributed by atoms with van der Waals surface area (Å²) in [5.41, 5.74) is 1.53. The Morgan fingerprint density at radius 3 is 2.91 bits per heavy atom. The van der Waals surface area contributed by atoms with Crippen LogP contribution in [-0.2, 0) is 6.54 Å². The fourth-order valence-electron chi connectivity index (χ4n) is 1.81. The molecule has 0 spiro atoms. The molecule has 1 N–H and O–H groups in total. The minimum atomic E-state index is -2.61. The molecule has 1 amide bonds. The third-order valence-corrected chi connectivity index (χ3v) is 2.86. The van der Waals surface area contributed by atoms with Crippen LogP contribution in [0, 0.1) is 11.3 Å². The molecule has 0 aliphatic heterocycles. The van der Waals surface area contributed by atoms with E-state index < -0.39 is 18.9 Å². The van der Waals surface area contributed by atoms with E-state index in [-0.39, 0.29) is 18.0 Å². The maximum absolute atomic E-state index is 12.1. The van der Waals surface area contributed by atoms with Gasteiger partial charge in [0, 0.05) is 24.4 Å². The van der Waals surface area contributed by atoms with Gasteiger partial charge in [0.2, 0.25) is 5.88 Å². The Kier molecular flexibility index (Phi) is 5.58. The van der Waals surface area contributed by atoms with Crippen molar-refractivity contribution in [2.24, 2.45) is 0 Å². The van der Waals surface area contributed by atoms with Gasteiger partial charge in [0.25, 0.3) is 12.3 Å². The van der Waals surface area contributed by atoms with Crippen molar-refractivity contribution in [2.45, 2.75) is 13.0 Å². The van der Waals surface area contributed by atoms with Crippen molar-refractivity contribution in [1.29, 1.82) is 5.26 Å². The molecule has 0 unspecified atom stereocenters. The van der Waals surface area contributed by atoms with Crippen LogP contribution in [-0.4, -0.2) is 23.9 Å². The van der Waals surface area contributed by atoms with E-state index in [0.717, 1.165) is 5.56 Å².